The fraction of sp³-hybridized carbons (Fsp3) is 0.667. The molecule has 0 atom stereocenters. The summed E-state index contributed by atoms with van der Waals surface area (Å²) in [6, 6.07) is 0. The highest BCUT2D eigenvalue weighted by atomic mass is 32.2. The molecular formula is C9H16N2S. The molecule has 2 nitrogen and oxygen atoms in total. The summed E-state index contributed by atoms with van der Waals surface area (Å²) in [6.07, 6.45) is 9.01. The average Bonchev–Trinajstić information content (AvgIpc) is 2.52. The molecule has 12 heavy (non-hydrogen) atoms. The Kier molecular flexibility index (Phi) is 4.22. The van der Waals surface area contributed by atoms with Crippen LogP contribution in [-0.4, -0.2) is 16.5 Å². The Labute approximate surface area is 78.1 Å². The molecule has 0 aromatic carbocycles. The summed E-state index contributed by atoms with van der Waals surface area (Å²) in [7, 11) is 0. The van der Waals surface area contributed by atoms with Crippen molar-refractivity contribution in [2.75, 3.05) is 6.26 Å². The van der Waals surface area contributed by atoms with E-state index in [9.17, 15) is 0 Å². The molecule has 0 saturated carbocycles. The van der Waals surface area contributed by atoms with Crippen molar-refractivity contribution in [3.63, 3.8) is 0 Å². The lowest BCUT2D eigenvalue weighted by Crippen LogP contribution is -1.87. The lowest BCUT2D eigenvalue weighted by atomic mass is 10.2. The molecular weight excluding hydrogens is 168 g/mol. The van der Waals surface area contributed by atoms with Crippen molar-refractivity contribution >= 4 is 11.8 Å². The van der Waals surface area contributed by atoms with Gasteiger partial charge in [0, 0.05) is 10.6 Å². The summed E-state index contributed by atoms with van der Waals surface area (Å²) in [4.78, 5) is 1.30. The quantitative estimate of drug-likeness (QED) is 0.563. The molecule has 3 heteroatoms. The minimum absolute atomic E-state index is 1.14. The first-order valence-electron chi connectivity index (χ1n) is 4.44. The molecule has 0 amide bonds. The first-order valence-corrected chi connectivity index (χ1v) is 5.67. The van der Waals surface area contributed by atoms with Crippen LogP contribution in [0.15, 0.2) is 11.1 Å². The van der Waals surface area contributed by atoms with Crippen LogP contribution in [0, 0.1) is 0 Å². The van der Waals surface area contributed by atoms with Crippen LogP contribution in [0.25, 0.3) is 0 Å². The van der Waals surface area contributed by atoms with Gasteiger partial charge in [0.2, 0.25) is 0 Å². The predicted octanol–water partition coefficient (Wildman–Crippen LogP) is 2.86. The van der Waals surface area contributed by atoms with Gasteiger partial charge in [-0.2, -0.15) is 5.10 Å². The Balaban J connectivity index is 2.39. The molecule has 1 aromatic rings. The van der Waals surface area contributed by atoms with Gasteiger partial charge in [-0.1, -0.05) is 19.8 Å². The summed E-state index contributed by atoms with van der Waals surface area (Å²) in [5, 5.41) is 7.07. The highest BCUT2D eigenvalue weighted by molar-refractivity contribution is 7.98. The summed E-state index contributed by atoms with van der Waals surface area (Å²) in [6.45, 7) is 2.22. The largest absolute Gasteiger partial charge is 0.281 e. The van der Waals surface area contributed by atoms with Crippen molar-refractivity contribution < 1.29 is 0 Å². The highest BCUT2D eigenvalue weighted by Crippen LogP contribution is 2.19. The van der Waals surface area contributed by atoms with Crippen molar-refractivity contribution in [1.82, 2.24) is 10.2 Å². The van der Waals surface area contributed by atoms with E-state index in [4.69, 9.17) is 0 Å². The number of aryl methyl sites for hydroxylation is 1. The van der Waals surface area contributed by atoms with Crippen molar-refractivity contribution in [2.24, 2.45) is 0 Å². The normalized spacial score (nSPS) is 10.5. The number of H-pyrrole nitrogens is 1. The Hall–Kier alpha value is -0.440. The highest BCUT2D eigenvalue weighted by Gasteiger charge is 2.01. The van der Waals surface area contributed by atoms with E-state index < -0.39 is 0 Å². The van der Waals surface area contributed by atoms with Gasteiger partial charge < -0.3 is 0 Å². The number of rotatable bonds is 5. The predicted molar refractivity (Wildman–Crippen MR) is 53.6 cm³/mol. The molecule has 1 rings (SSSR count). The number of nitrogens with one attached hydrogen (secondary N) is 1. The Morgan fingerprint density at radius 3 is 3.00 bits per heavy atom. The third-order valence-corrected chi connectivity index (χ3v) is 2.72. The molecule has 0 fully saturated rings. The summed E-state index contributed by atoms with van der Waals surface area (Å²) >= 11 is 1.77. The first-order chi connectivity index (χ1) is 5.88. The van der Waals surface area contributed by atoms with Crippen LogP contribution in [0.4, 0.5) is 0 Å². The second-order valence-corrected chi connectivity index (χ2v) is 3.72. The van der Waals surface area contributed by atoms with Gasteiger partial charge in [0.25, 0.3) is 0 Å². The van der Waals surface area contributed by atoms with E-state index in [-0.39, 0.29) is 0 Å². The fourth-order valence-electron chi connectivity index (χ4n) is 1.21. The van der Waals surface area contributed by atoms with Crippen LogP contribution in [0.1, 0.15) is 31.9 Å². The van der Waals surface area contributed by atoms with Gasteiger partial charge in [0.05, 0.1) is 6.20 Å². The minimum Gasteiger partial charge on any atom is -0.281 e. The van der Waals surface area contributed by atoms with Gasteiger partial charge in [0.15, 0.2) is 0 Å². The maximum atomic E-state index is 4.03. The van der Waals surface area contributed by atoms with Gasteiger partial charge in [-0.15, -0.1) is 11.8 Å². The number of unbranched alkanes of at least 4 members (excludes halogenated alkanes) is 2. The van der Waals surface area contributed by atoms with Crippen molar-refractivity contribution in [3.05, 3.63) is 11.9 Å². The molecule has 1 aromatic heterocycles. The molecule has 0 radical (unpaired) electrons. The lowest BCUT2D eigenvalue weighted by molar-refractivity contribution is 0.700. The van der Waals surface area contributed by atoms with Gasteiger partial charge in [-0.25, -0.2) is 0 Å². The van der Waals surface area contributed by atoms with E-state index in [0.717, 1.165) is 6.42 Å². The van der Waals surface area contributed by atoms with Crippen LogP contribution in [-0.2, 0) is 6.42 Å². The van der Waals surface area contributed by atoms with Gasteiger partial charge >= 0.3 is 0 Å². The second kappa shape index (κ2) is 5.25. The number of hydrogen-bond donors (Lipinski definition) is 1. The fourth-order valence-corrected chi connectivity index (χ4v) is 1.76. The number of aromatic nitrogens is 2. The molecule has 0 bridgehead atoms. The maximum Gasteiger partial charge on any atom is 0.0626 e. The molecule has 0 aliphatic carbocycles. The monoisotopic (exact) mass is 184 g/mol. The third kappa shape index (κ3) is 2.55. The molecule has 0 unspecified atom stereocenters. The number of aromatic amines is 1. The molecule has 0 saturated heterocycles. The summed E-state index contributed by atoms with van der Waals surface area (Å²) < 4.78 is 0. The lowest BCUT2D eigenvalue weighted by Gasteiger charge is -1.98. The SMILES string of the molecule is CCCCCc1[nH]ncc1SC. The average molecular weight is 184 g/mol. The topological polar surface area (TPSA) is 28.7 Å². The van der Waals surface area contributed by atoms with Gasteiger partial charge in [0.1, 0.15) is 0 Å². The minimum atomic E-state index is 1.14. The van der Waals surface area contributed by atoms with Gasteiger partial charge in [-0.05, 0) is 19.1 Å². The van der Waals surface area contributed by atoms with E-state index >= 15 is 0 Å². The zero-order valence-corrected chi connectivity index (χ0v) is 8.58. The third-order valence-electron chi connectivity index (χ3n) is 1.93. The van der Waals surface area contributed by atoms with E-state index in [0.29, 0.717) is 0 Å². The zero-order valence-electron chi connectivity index (χ0n) is 7.76. The second-order valence-electron chi connectivity index (χ2n) is 2.87. The molecule has 1 N–H and O–H groups in total. The molecule has 0 aliphatic heterocycles. The van der Waals surface area contributed by atoms with Crippen LogP contribution in [0.5, 0.6) is 0 Å². The summed E-state index contributed by atoms with van der Waals surface area (Å²) in [5.74, 6) is 0. The van der Waals surface area contributed by atoms with Crippen molar-refractivity contribution in [3.8, 4) is 0 Å². The van der Waals surface area contributed by atoms with Crippen LogP contribution in [0.2, 0.25) is 0 Å². The summed E-state index contributed by atoms with van der Waals surface area (Å²) in [5.41, 5.74) is 1.30. The Morgan fingerprint density at radius 1 is 1.50 bits per heavy atom. The molecule has 0 aliphatic rings. The maximum absolute atomic E-state index is 4.03. The van der Waals surface area contributed by atoms with E-state index in [1.165, 1.54) is 29.9 Å². The molecule has 0 spiro atoms. The first kappa shape index (κ1) is 9.65. The molecule has 68 valence electrons. The van der Waals surface area contributed by atoms with Crippen LogP contribution >= 0.6 is 11.8 Å². The van der Waals surface area contributed by atoms with Crippen molar-refractivity contribution in [2.45, 2.75) is 37.5 Å². The Bertz CT molecular complexity index is 220. The smallest absolute Gasteiger partial charge is 0.0626 e. The van der Waals surface area contributed by atoms with Crippen LogP contribution < -0.4 is 0 Å². The van der Waals surface area contributed by atoms with Crippen LogP contribution in [0.3, 0.4) is 0 Å². The van der Waals surface area contributed by atoms with E-state index in [1.807, 2.05) is 6.20 Å². The number of hydrogen-bond acceptors (Lipinski definition) is 2. The van der Waals surface area contributed by atoms with E-state index in [2.05, 4.69) is 23.4 Å². The zero-order chi connectivity index (χ0) is 8.81. The van der Waals surface area contributed by atoms with E-state index in [1.54, 1.807) is 11.8 Å². The van der Waals surface area contributed by atoms with Gasteiger partial charge in [-0.3, -0.25) is 5.10 Å². The Morgan fingerprint density at radius 2 is 2.33 bits per heavy atom. The number of nitrogens with zero attached hydrogens (tertiary/aromatic N) is 1. The standard InChI is InChI=1S/C9H16N2S/c1-3-4-5-6-8-9(12-2)7-10-11-8/h7H,3-6H2,1-2H3,(H,10,11). The van der Waals surface area contributed by atoms with Crippen molar-refractivity contribution in [1.29, 1.82) is 0 Å². The molecule has 1 heterocycles. The number of thioether (sulfide) groups is 1.